The Hall–Kier alpha value is -3.61. The van der Waals surface area contributed by atoms with Crippen molar-refractivity contribution in [3.8, 4) is 0 Å². The Morgan fingerprint density at radius 3 is 2.78 bits per heavy atom. The van der Waals surface area contributed by atoms with Gasteiger partial charge in [0.2, 0.25) is 5.91 Å². The molecule has 136 valence electrons. The van der Waals surface area contributed by atoms with Crippen LogP contribution in [0.1, 0.15) is 5.56 Å². The Morgan fingerprint density at radius 2 is 1.96 bits per heavy atom. The lowest BCUT2D eigenvalue weighted by atomic mass is 10.1. The van der Waals surface area contributed by atoms with Crippen molar-refractivity contribution in [2.24, 2.45) is 0 Å². The van der Waals surface area contributed by atoms with E-state index in [0.29, 0.717) is 30.1 Å². The highest BCUT2D eigenvalue weighted by molar-refractivity contribution is 5.95. The summed E-state index contributed by atoms with van der Waals surface area (Å²) in [7, 11) is 0. The summed E-state index contributed by atoms with van der Waals surface area (Å²) in [5.74, 6) is -0.308. The third-order valence-electron chi connectivity index (χ3n) is 4.38. The SMILES string of the molecule is O=C(Cc1cc2ccccc2[nH]c1=O)Nc1cccc(N2CCOC2=O)c1. The smallest absolute Gasteiger partial charge is 0.414 e. The van der Waals surface area contributed by atoms with E-state index in [1.807, 2.05) is 24.3 Å². The number of carbonyl (C=O) groups is 2. The molecule has 1 aromatic heterocycles. The minimum Gasteiger partial charge on any atom is -0.447 e. The van der Waals surface area contributed by atoms with E-state index in [-0.39, 0.29) is 17.9 Å². The maximum atomic E-state index is 12.4. The van der Waals surface area contributed by atoms with E-state index in [1.54, 1.807) is 30.3 Å². The number of amides is 2. The van der Waals surface area contributed by atoms with E-state index < -0.39 is 6.09 Å². The molecule has 0 spiro atoms. The first-order valence-corrected chi connectivity index (χ1v) is 8.55. The van der Waals surface area contributed by atoms with Crippen LogP contribution in [-0.2, 0) is 16.0 Å². The molecule has 0 aliphatic carbocycles. The van der Waals surface area contributed by atoms with Crippen molar-refractivity contribution in [2.75, 3.05) is 23.4 Å². The molecular formula is C20H17N3O4. The van der Waals surface area contributed by atoms with Gasteiger partial charge >= 0.3 is 6.09 Å². The molecule has 1 fully saturated rings. The summed E-state index contributed by atoms with van der Waals surface area (Å²) in [6.07, 6.45) is -0.447. The zero-order valence-corrected chi connectivity index (χ0v) is 14.4. The maximum absolute atomic E-state index is 12.4. The van der Waals surface area contributed by atoms with E-state index >= 15 is 0 Å². The zero-order valence-electron chi connectivity index (χ0n) is 14.4. The van der Waals surface area contributed by atoms with Crippen LogP contribution < -0.4 is 15.8 Å². The third kappa shape index (κ3) is 3.52. The van der Waals surface area contributed by atoms with Crippen LogP contribution in [0.4, 0.5) is 16.2 Å². The number of nitrogens with one attached hydrogen (secondary N) is 2. The molecule has 7 nitrogen and oxygen atoms in total. The average Bonchev–Trinajstić information content (AvgIpc) is 3.08. The Bertz CT molecular complexity index is 1090. The molecule has 2 amide bonds. The first-order valence-electron chi connectivity index (χ1n) is 8.55. The van der Waals surface area contributed by atoms with Crippen LogP contribution in [-0.4, -0.2) is 30.1 Å². The van der Waals surface area contributed by atoms with Crippen molar-refractivity contribution >= 4 is 34.3 Å². The summed E-state index contributed by atoms with van der Waals surface area (Å²) in [4.78, 5) is 40.6. The molecular weight excluding hydrogens is 346 g/mol. The van der Waals surface area contributed by atoms with E-state index in [4.69, 9.17) is 4.74 Å². The van der Waals surface area contributed by atoms with E-state index in [1.165, 1.54) is 4.90 Å². The van der Waals surface area contributed by atoms with Gasteiger partial charge in [0.1, 0.15) is 6.61 Å². The Kier molecular flexibility index (Phi) is 4.33. The van der Waals surface area contributed by atoms with Crippen LogP contribution in [0, 0.1) is 0 Å². The molecule has 2 aromatic carbocycles. The number of rotatable bonds is 4. The van der Waals surface area contributed by atoms with Crippen LogP contribution >= 0.6 is 0 Å². The lowest BCUT2D eigenvalue weighted by Crippen LogP contribution is -2.24. The number of H-pyrrole nitrogens is 1. The number of benzene rings is 2. The van der Waals surface area contributed by atoms with Crippen LogP contribution in [0.5, 0.6) is 0 Å². The fourth-order valence-electron chi connectivity index (χ4n) is 3.08. The number of ether oxygens (including phenoxy) is 1. The van der Waals surface area contributed by atoms with Crippen LogP contribution in [0.15, 0.2) is 59.4 Å². The molecule has 3 aromatic rings. The third-order valence-corrected chi connectivity index (χ3v) is 4.38. The van der Waals surface area contributed by atoms with Gasteiger partial charge in [-0.3, -0.25) is 14.5 Å². The number of anilines is 2. The molecule has 0 bridgehead atoms. The normalized spacial score (nSPS) is 13.6. The molecule has 1 saturated heterocycles. The summed E-state index contributed by atoms with van der Waals surface area (Å²) in [6.45, 7) is 0.822. The van der Waals surface area contributed by atoms with Gasteiger partial charge in [-0.05, 0) is 35.7 Å². The number of cyclic esters (lactones) is 1. The molecule has 1 aliphatic heterocycles. The fraction of sp³-hybridized carbons (Fsp3) is 0.150. The van der Waals surface area contributed by atoms with Gasteiger partial charge in [-0.1, -0.05) is 24.3 Å². The Morgan fingerprint density at radius 1 is 1.11 bits per heavy atom. The van der Waals surface area contributed by atoms with Crippen molar-refractivity contribution in [1.29, 1.82) is 0 Å². The topological polar surface area (TPSA) is 91.5 Å². The molecule has 4 rings (SSSR count). The number of aromatic amines is 1. The highest BCUT2D eigenvalue weighted by Crippen LogP contribution is 2.22. The van der Waals surface area contributed by atoms with Crippen LogP contribution in [0.2, 0.25) is 0 Å². The van der Waals surface area contributed by atoms with E-state index in [2.05, 4.69) is 10.3 Å². The molecule has 2 heterocycles. The highest BCUT2D eigenvalue weighted by atomic mass is 16.6. The second-order valence-electron chi connectivity index (χ2n) is 6.25. The predicted octanol–water partition coefficient (Wildman–Crippen LogP) is 2.67. The van der Waals surface area contributed by atoms with Gasteiger partial charge in [-0.25, -0.2) is 4.79 Å². The molecule has 2 N–H and O–H groups in total. The minimum absolute atomic E-state index is 0.0455. The summed E-state index contributed by atoms with van der Waals surface area (Å²) in [6, 6.07) is 16.1. The largest absolute Gasteiger partial charge is 0.447 e. The van der Waals surface area contributed by atoms with Gasteiger partial charge in [-0.2, -0.15) is 0 Å². The Balaban J connectivity index is 1.51. The summed E-state index contributed by atoms with van der Waals surface area (Å²) in [5.41, 5.74) is 2.05. The van der Waals surface area contributed by atoms with Crippen molar-refractivity contribution in [3.63, 3.8) is 0 Å². The monoisotopic (exact) mass is 363 g/mol. The van der Waals surface area contributed by atoms with Gasteiger partial charge in [-0.15, -0.1) is 0 Å². The number of hydrogen-bond donors (Lipinski definition) is 2. The number of nitrogens with zero attached hydrogens (tertiary/aromatic N) is 1. The lowest BCUT2D eigenvalue weighted by molar-refractivity contribution is -0.115. The fourth-order valence-corrected chi connectivity index (χ4v) is 3.08. The first kappa shape index (κ1) is 16.8. The van der Waals surface area contributed by atoms with Crippen LogP contribution in [0.3, 0.4) is 0 Å². The van der Waals surface area contributed by atoms with Crippen molar-refractivity contribution < 1.29 is 14.3 Å². The second-order valence-corrected chi connectivity index (χ2v) is 6.25. The number of carbonyl (C=O) groups excluding carboxylic acids is 2. The minimum atomic E-state index is -0.402. The maximum Gasteiger partial charge on any atom is 0.414 e. The van der Waals surface area contributed by atoms with Crippen molar-refractivity contribution in [1.82, 2.24) is 4.98 Å². The van der Waals surface area contributed by atoms with Gasteiger partial charge in [0.25, 0.3) is 5.56 Å². The Labute approximate surface area is 154 Å². The van der Waals surface area contributed by atoms with Crippen molar-refractivity contribution in [3.05, 3.63) is 70.5 Å². The molecule has 0 saturated carbocycles. The number of pyridine rings is 1. The predicted molar refractivity (Wildman–Crippen MR) is 102 cm³/mol. The van der Waals surface area contributed by atoms with E-state index in [9.17, 15) is 14.4 Å². The van der Waals surface area contributed by atoms with Gasteiger partial charge in [0.05, 0.1) is 13.0 Å². The average molecular weight is 363 g/mol. The summed E-state index contributed by atoms with van der Waals surface area (Å²) < 4.78 is 4.93. The van der Waals surface area contributed by atoms with Gasteiger partial charge in [0.15, 0.2) is 0 Å². The molecule has 0 radical (unpaired) electrons. The molecule has 0 unspecified atom stereocenters. The number of para-hydroxylation sites is 1. The molecule has 0 atom stereocenters. The number of fused-ring (bicyclic) bond motifs is 1. The molecule has 27 heavy (non-hydrogen) atoms. The number of aromatic nitrogens is 1. The highest BCUT2D eigenvalue weighted by Gasteiger charge is 2.23. The standard InChI is InChI=1S/C20H17N3O4/c24-18(11-14-10-13-4-1-2-7-17(13)22-19(14)25)21-15-5-3-6-16(12-15)23-8-9-27-20(23)26/h1-7,10,12H,8-9,11H2,(H,21,24)(H,22,25). The first-order chi connectivity index (χ1) is 13.1. The second kappa shape index (κ2) is 6.95. The summed E-state index contributed by atoms with van der Waals surface area (Å²) >= 11 is 0. The van der Waals surface area contributed by atoms with Gasteiger partial charge in [0, 0.05) is 22.5 Å². The van der Waals surface area contributed by atoms with Gasteiger partial charge < -0.3 is 15.0 Å². The van der Waals surface area contributed by atoms with Crippen LogP contribution in [0.25, 0.3) is 10.9 Å². The zero-order chi connectivity index (χ0) is 18.8. The molecule has 1 aliphatic rings. The van der Waals surface area contributed by atoms with Crippen molar-refractivity contribution in [2.45, 2.75) is 6.42 Å². The summed E-state index contributed by atoms with van der Waals surface area (Å²) in [5, 5.41) is 3.64. The quantitative estimate of drug-likeness (QED) is 0.745. The molecule has 7 heteroatoms. The lowest BCUT2D eigenvalue weighted by Gasteiger charge is -2.14. The van der Waals surface area contributed by atoms with E-state index in [0.717, 1.165) is 10.9 Å². The number of hydrogen-bond acceptors (Lipinski definition) is 4.